The van der Waals surface area contributed by atoms with Crippen molar-refractivity contribution in [3.8, 4) is 11.3 Å². The number of aromatic nitrogens is 2. The summed E-state index contributed by atoms with van der Waals surface area (Å²) >= 11 is 0. The topological polar surface area (TPSA) is 61.4 Å². The molecule has 2 aliphatic heterocycles. The summed E-state index contributed by atoms with van der Waals surface area (Å²) in [6, 6.07) is 14.8. The lowest BCUT2D eigenvalue weighted by atomic mass is 9.97. The third kappa shape index (κ3) is 5.17. The van der Waals surface area contributed by atoms with Crippen LogP contribution in [0.15, 0.2) is 42.5 Å². The second-order valence-electron chi connectivity index (χ2n) is 8.60. The molecule has 30 heavy (non-hydrogen) atoms. The highest BCUT2D eigenvalue weighted by Gasteiger charge is 2.27. The number of anilines is 1. The Morgan fingerprint density at radius 1 is 1.03 bits per heavy atom. The van der Waals surface area contributed by atoms with Gasteiger partial charge in [-0.1, -0.05) is 36.8 Å². The zero-order valence-electron chi connectivity index (χ0n) is 18.0. The van der Waals surface area contributed by atoms with Gasteiger partial charge in [0.2, 0.25) is 5.91 Å². The lowest BCUT2D eigenvalue weighted by Crippen LogP contribution is -2.46. The van der Waals surface area contributed by atoms with Gasteiger partial charge in [-0.2, -0.15) is 0 Å². The lowest BCUT2D eigenvalue weighted by Gasteiger charge is -2.34. The molecule has 3 heterocycles. The molecule has 2 aromatic rings. The zero-order chi connectivity index (χ0) is 20.8. The Bertz CT molecular complexity index is 810. The summed E-state index contributed by atoms with van der Waals surface area (Å²) < 4.78 is 0. The van der Waals surface area contributed by atoms with E-state index in [-0.39, 0.29) is 11.8 Å². The average molecular weight is 408 g/mol. The van der Waals surface area contributed by atoms with Gasteiger partial charge < -0.3 is 10.2 Å². The summed E-state index contributed by atoms with van der Waals surface area (Å²) in [5, 5.41) is 12.0. The fraction of sp³-hybridized carbons (Fsp3) is 0.542. The maximum atomic E-state index is 12.7. The van der Waals surface area contributed by atoms with Crippen LogP contribution in [0.5, 0.6) is 0 Å². The van der Waals surface area contributed by atoms with Crippen LogP contribution >= 0.6 is 0 Å². The average Bonchev–Trinajstić information content (AvgIpc) is 2.81. The number of likely N-dealkylation sites (tertiary alicyclic amines) is 1. The minimum absolute atomic E-state index is 0.0214. The third-order valence-electron chi connectivity index (χ3n) is 6.48. The third-order valence-corrected chi connectivity index (χ3v) is 6.48. The van der Waals surface area contributed by atoms with Crippen LogP contribution in [-0.2, 0) is 4.79 Å². The van der Waals surface area contributed by atoms with E-state index in [0.29, 0.717) is 12.6 Å². The molecule has 2 aliphatic rings. The summed E-state index contributed by atoms with van der Waals surface area (Å²) in [7, 11) is 0. The fourth-order valence-electron chi connectivity index (χ4n) is 4.61. The van der Waals surface area contributed by atoms with Gasteiger partial charge in [-0.3, -0.25) is 9.69 Å². The normalized spacial score (nSPS) is 22.6. The van der Waals surface area contributed by atoms with Crippen molar-refractivity contribution in [1.82, 2.24) is 20.4 Å². The number of carbonyl (C=O) groups is 1. The summed E-state index contributed by atoms with van der Waals surface area (Å²) in [4.78, 5) is 17.4. The zero-order valence-corrected chi connectivity index (χ0v) is 18.0. The first-order valence-corrected chi connectivity index (χ1v) is 11.4. The molecule has 0 aliphatic carbocycles. The summed E-state index contributed by atoms with van der Waals surface area (Å²) in [5.41, 5.74) is 1.94. The monoisotopic (exact) mass is 407 g/mol. The number of hydrogen-bond donors (Lipinski definition) is 1. The number of piperidine rings is 2. The van der Waals surface area contributed by atoms with E-state index in [0.717, 1.165) is 56.1 Å². The van der Waals surface area contributed by atoms with Crippen LogP contribution in [0.3, 0.4) is 0 Å². The van der Waals surface area contributed by atoms with Crippen LogP contribution in [0.1, 0.15) is 39.0 Å². The summed E-state index contributed by atoms with van der Waals surface area (Å²) in [6.45, 7) is 6.79. The van der Waals surface area contributed by atoms with Gasteiger partial charge in [0.1, 0.15) is 0 Å². The second kappa shape index (κ2) is 10.0. The first-order valence-electron chi connectivity index (χ1n) is 11.4. The van der Waals surface area contributed by atoms with Gasteiger partial charge in [-0.05, 0) is 51.3 Å². The van der Waals surface area contributed by atoms with Crippen LogP contribution in [0, 0.1) is 5.92 Å². The molecular formula is C24H33N5O. The standard InChI is InChI=1S/C24H33N5O/c1-19-8-5-6-15-28(19)17-14-25-24(30)21-11-7-16-29(18-21)23-13-12-22(26-27-23)20-9-3-2-4-10-20/h2-4,9-10,12-13,19,21H,5-8,11,14-18H2,1H3,(H,25,30)/t19-,21-/m1/s1. The Morgan fingerprint density at radius 2 is 1.90 bits per heavy atom. The van der Waals surface area contributed by atoms with E-state index in [1.54, 1.807) is 0 Å². The van der Waals surface area contributed by atoms with E-state index < -0.39 is 0 Å². The molecule has 6 heteroatoms. The first kappa shape index (κ1) is 20.8. The van der Waals surface area contributed by atoms with Gasteiger partial charge in [0.15, 0.2) is 5.82 Å². The molecule has 2 atom stereocenters. The molecule has 0 saturated carbocycles. The van der Waals surface area contributed by atoms with Crippen molar-refractivity contribution in [1.29, 1.82) is 0 Å². The molecule has 0 unspecified atom stereocenters. The molecule has 0 spiro atoms. The van der Waals surface area contributed by atoms with Crippen LogP contribution in [0.4, 0.5) is 5.82 Å². The van der Waals surface area contributed by atoms with Gasteiger partial charge in [-0.25, -0.2) is 0 Å². The number of benzene rings is 1. The maximum Gasteiger partial charge on any atom is 0.224 e. The Hall–Kier alpha value is -2.47. The van der Waals surface area contributed by atoms with Gasteiger partial charge in [-0.15, -0.1) is 10.2 Å². The van der Waals surface area contributed by atoms with Gasteiger partial charge in [0.05, 0.1) is 11.6 Å². The van der Waals surface area contributed by atoms with Crippen molar-refractivity contribution >= 4 is 11.7 Å². The fourth-order valence-corrected chi connectivity index (χ4v) is 4.61. The molecule has 160 valence electrons. The van der Waals surface area contributed by atoms with Crippen LogP contribution in [0.2, 0.25) is 0 Å². The Kier molecular flexibility index (Phi) is 6.95. The number of rotatable bonds is 6. The lowest BCUT2D eigenvalue weighted by molar-refractivity contribution is -0.125. The molecule has 2 fully saturated rings. The van der Waals surface area contributed by atoms with Gasteiger partial charge in [0.25, 0.3) is 0 Å². The molecule has 1 aromatic heterocycles. The van der Waals surface area contributed by atoms with Crippen molar-refractivity contribution in [2.75, 3.05) is 37.6 Å². The molecule has 0 bridgehead atoms. The Balaban J connectivity index is 1.29. The minimum atomic E-state index is 0.0214. The number of nitrogens with zero attached hydrogens (tertiary/aromatic N) is 4. The highest BCUT2D eigenvalue weighted by Crippen LogP contribution is 2.23. The SMILES string of the molecule is C[C@@H]1CCCCN1CCNC(=O)[C@@H]1CCCN(c2ccc(-c3ccccc3)nn2)C1. The predicted octanol–water partition coefficient (Wildman–Crippen LogP) is 3.35. The van der Waals surface area contributed by atoms with Crippen molar-refractivity contribution < 1.29 is 4.79 Å². The van der Waals surface area contributed by atoms with Crippen LogP contribution in [-0.4, -0.2) is 59.8 Å². The molecule has 2 saturated heterocycles. The quantitative estimate of drug-likeness (QED) is 0.796. The van der Waals surface area contributed by atoms with Gasteiger partial charge in [0, 0.05) is 37.8 Å². The van der Waals surface area contributed by atoms with Crippen molar-refractivity contribution in [3.63, 3.8) is 0 Å². The maximum absolute atomic E-state index is 12.7. The summed E-state index contributed by atoms with van der Waals surface area (Å²) in [5.74, 6) is 1.06. The Morgan fingerprint density at radius 3 is 2.67 bits per heavy atom. The number of carbonyl (C=O) groups excluding carboxylic acids is 1. The first-order chi connectivity index (χ1) is 14.7. The van der Waals surface area contributed by atoms with Crippen LogP contribution in [0.25, 0.3) is 11.3 Å². The van der Waals surface area contributed by atoms with E-state index in [1.165, 1.54) is 19.3 Å². The largest absolute Gasteiger partial charge is 0.355 e. The molecule has 6 nitrogen and oxygen atoms in total. The van der Waals surface area contributed by atoms with Crippen molar-refractivity contribution in [2.45, 2.75) is 45.1 Å². The molecular weight excluding hydrogens is 374 g/mol. The van der Waals surface area contributed by atoms with E-state index in [1.807, 2.05) is 42.5 Å². The highest BCUT2D eigenvalue weighted by atomic mass is 16.1. The van der Waals surface area contributed by atoms with E-state index in [9.17, 15) is 4.79 Å². The van der Waals surface area contributed by atoms with E-state index in [4.69, 9.17) is 0 Å². The van der Waals surface area contributed by atoms with Crippen LogP contribution < -0.4 is 10.2 Å². The predicted molar refractivity (Wildman–Crippen MR) is 120 cm³/mol. The van der Waals surface area contributed by atoms with Crippen molar-refractivity contribution in [3.05, 3.63) is 42.5 Å². The molecule has 1 N–H and O–H groups in total. The van der Waals surface area contributed by atoms with Crippen molar-refractivity contribution in [2.24, 2.45) is 5.92 Å². The number of amides is 1. The number of nitrogens with one attached hydrogen (secondary N) is 1. The summed E-state index contributed by atoms with van der Waals surface area (Å²) in [6.07, 6.45) is 5.83. The molecule has 0 radical (unpaired) electrons. The minimum Gasteiger partial charge on any atom is -0.355 e. The molecule has 1 aromatic carbocycles. The molecule has 4 rings (SSSR count). The van der Waals surface area contributed by atoms with Gasteiger partial charge >= 0.3 is 0 Å². The Labute approximate surface area is 179 Å². The highest BCUT2D eigenvalue weighted by molar-refractivity contribution is 5.79. The second-order valence-corrected chi connectivity index (χ2v) is 8.60. The number of hydrogen-bond acceptors (Lipinski definition) is 5. The van der Waals surface area contributed by atoms with E-state index >= 15 is 0 Å². The van der Waals surface area contributed by atoms with E-state index in [2.05, 4.69) is 32.2 Å². The molecule has 1 amide bonds. The smallest absolute Gasteiger partial charge is 0.224 e.